The number of carbonyl (C=O) groups excluding carboxylic acids is 2. The maximum Gasteiger partial charge on any atom is 0.244 e. The highest BCUT2D eigenvalue weighted by molar-refractivity contribution is 5.86. The van der Waals surface area contributed by atoms with Crippen molar-refractivity contribution in [1.29, 1.82) is 0 Å². The van der Waals surface area contributed by atoms with Crippen molar-refractivity contribution in [2.75, 3.05) is 26.2 Å². The molecule has 22 heavy (non-hydrogen) atoms. The van der Waals surface area contributed by atoms with Crippen molar-refractivity contribution in [3.05, 3.63) is 35.4 Å². The molecule has 0 saturated carbocycles. The van der Waals surface area contributed by atoms with Crippen LogP contribution in [0.15, 0.2) is 24.3 Å². The Labute approximate surface area is 132 Å². The summed E-state index contributed by atoms with van der Waals surface area (Å²) < 4.78 is 0. The third-order valence-corrected chi connectivity index (χ3v) is 3.96. The predicted molar refractivity (Wildman–Crippen MR) is 86.3 cm³/mol. The first-order valence-electron chi connectivity index (χ1n) is 7.79. The third kappa shape index (κ3) is 4.56. The van der Waals surface area contributed by atoms with Crippen molar-refractivity contribution >= 4 is 11.8 Å². The molecule has 1 N–H and O–H groups in total. The highest BCUT2D eigenvalue weighted by Gasteiger charge is 2.25. The van der Waals surface area contributed by atoms with Gasteiger partial charge in [0, 0.05) is 39.6 Å². The average Bonchev–Trinajstić information content (AvgIpc) is 2.46. The number of nitrogens with one attached hydrogen (secondary N) is 1. The molecule has 5 heteroatoms. The zero-order valence-corrected chi connectivity index (χ0v) is 13.6. The molecule has 1 saturated heterocycles. The second kappa shape index (κ2) is 7.40. The summed E-state index contributed by atoms with van der Waals surface area (Å²) in [5, 5.41) is 2.65. The van der Waals surface area contributed by atoms with E-state index in [0.29, 0.717) is 13.1 Å². The SMILES string of the molecule is CC(=O)NC(C)C(=O)N1CCN(Cc2cccc(C)c2)CC1. The summed E-state index contributed by atoms with van der Waals surface area (Å²) in [6, 6.07) is 8.09. The first-order chi connectivity index (χ1) is 10.5. The van der Waals surface area contributed by atoms with Crippen LogP contribution in [0.2, 0.25) is 0 Å². The monoisotopic (exact) mass is 303 g/mol. The standard InChI is InChI=1S/C17H25N3O2/c1-13-5-4-6-16(11-13)12-19-7-9-20(10-8-19)17(22)14(2)18-15(3)21/h4-6,11,14H,7-10,12H2,1-3H3,(H,18,21). The lowest BCUT2D eigenvalue weighted by Gasteiger charge is -2.36. The van der Waals surface area contributed by atoms with Crippen molar-refractivity contribution < 1.29 is 9.59 Å². The lowest BCUT2D eigenvalue weighted by Crippen LogP contribution is -2.53. The Morgan fingerprint density at radius 3 is 2.50 bits per heavy atom. The minimum Gasteiger partial charge on any atom is -0.345 e. The predicted octanol–water partition coefficient (Wildman–Crippen LogP) is 1.16. The van der Waals surface area contributed by atoms with E-state index in [-0.39, 0.29) is 11.8 Å². The maximum atomic E-state index is 12.2. The Balaban J connectivity index is 1.82. The molecule has 1 aromatic rings. The Hall–Kier alpha value is -1.88. The van der Waals surface area contributed by atoms with Crippen LogP contribution in [0.3, 0.4) is 0 Å². The number of amides is 2. The summed E-state index contributed by atoms with van der Waals surface area (Å²) in [5.41, 5.74) is 2.59. The Morgan fingerprint density at radius 1 is 1.23 bits per heavy atom. The first-order valence-corrected chi connectivity index (χ1v) is 7.79. The van der Waals surface area contributed by atoms with Crippen LogP contribution in [0.5, 0.6) is 0 Å². The van der Waals surface area contributed by atoms with Crippen LogP contribution in [0.4, 0.5) is 0 Å². The van der Waals surface area contributed by atoms with Gasteiger partial charge in [-0.15, -0.1) is 0 Å². The van der Waals surface area contributed by atoms with Crippen molar-refractivity contribution in [2.24, 2.45) is 0 Å². The van der Waals surface area contributed by atoms with E-state index in [1.54, 1.807) is 6.92 Å². The van der Waals surface area contributed by atoms with Gasteiger partial charge in [0.1, 0.15) is 6.04 Å². The summed E-state index contributed by atoms with van der Waals surface area (Å²) >= 11 is 0. The van der Waals surface area contributed by atoms with Gasteiger partial charge in [-0.05, 0) is 19.4 Å². The van der Waals surface area contributed by atoms with Crippen molar-refractivity contribution in [3.63, 3.8) is 0 Å². The van der Waals surface area contributed by atoms with Gasteiger partial charge in [-0.25, -0.2) is 0 Å². The van der Waals surface area contributed by atoms with E-state index in [0.717, 1.165) is 19.6 Å². The second-order valence-electron chi connectivity index (χ2n) is 6.01. The molecule has 2 amide bonds. The van der Waals surface area contributed by atoms with E-state index in [4.69, 9.17) is 0 Å². The molecule has 1 aliphatic heterocycles. The summed E-state index contributed by atoms with van der Waals surface area (Å²) in [6.07, 6.45) is 0. The van der Waals surface area contributed by atoms with E-state index < -0.39 is 6.04 Å². The van der Waals surface area contributed by atoms with E-state index >= 15 is 0 Å². The lowest BCUT2D eigenvalue weighted by atomic mass is 10.1. The summed E-state index contributed by atoms with van der Waals surface area (Å²) in [5.74, 6) is -0.163. The Kier molecular flexibility index (Phi) is 5.55. The molecular formula is C17H25N3O2. The number of hydrogen-bond donors (Lipinski definition) is 1. The molecule has 0 aliphatic carbocycles. The molecule has 1 aliphatic rings. The number of nitrogens with zero attached hydrogens (tertiary/aromatic N) is 2. The normalized spacial score (nSPS) is 17.1. The molecule has 1 aromatic carbocycles. The molecule has 0 bridgehead atoms. The zero-order valence-electron chi connectivity index (χ0n) is 13.6. The van der Waals surface area contributed by atoms with Crippen LogP contribution >= 0.6 is 0 Å². The first kappa shape index (κ1) is 16.5. The van der Waals surface area contributed by atoms with E-state index in [1.807, 2.05) is 4.90 Å². The van der Waals surface area contributed by atoms with Gasteiger partial charge in [0.05, 0.1) is 0 Å². The van der Waals surface area contributed by atoms with E-state index in [2.05, 4.69) is 41.4 Å². The molecule has 1 unspecified atom stereocenters. The summed E-state index contributed by atoms with van der Waals surface area (Å²) in [6.45, 7) is 9.36. The number of benzene rings is 1. The van der Waals surface area contributed by atoms with Gasteiger partial charge in [0.15, 0.2) is 0 Å². The topological polar surface area (TPSA) is 52.7 Å². The van der Waals surface area contributed by atoms with Gasteiger partial charge in [0.2, 0.25) is 11.8 Å². The van der Waals surface area contributed by atoms with Crippen molar-refractivity contribution in [3.8, 4) is 0 Å². The van der Waals surface area contributed by atoms with Gasteiger partial charge >= 0.3 is 0 Å². The molecule has 0 aromatic heterocycles. The molecule has 120 valence electrons. The van der Waals surface area contributed by atoms with Crippen molar-refractivity contribution in [2.45, 2.75) is 33.4 Å². The maximum absolute atomic E-state index is 12.2. The molecular weight excluding hydrogens is 278 g/mol. The molecule has 1 atom stereocenters. The minimum absolute atomic E-state index is 0.00501. The average molecular weight is 303 g/mol. The van der Waals surface area contributed by atoms with Crippen molar-refractivity contribution in [1.82, 2.24) is 15.1 Å². The highest BCUT2D eigenvalue weighted by atomic mass is 16.2. The fraction of sp³-hybridized carbons (Fsp3) is 0.529. The molecule has 1 fully saturated rings. The van der Waals surface area contributed by atoms with Crippen LogP contribution in [-0.4, -0.2) is 53.8 Å². The molecule has 0 spiro atoms. The Bertz CT molecular complexity index is 536. The van der Waals surface area contributed by atoms with Crippen LogP contribution in [0.25, 0.3) is 0 Å². The van der Waals surface area contributed by atoms with Gasteiger partial charge in [0.25, 0.3) is 0 Å². The minimum atomic E-state index is -0.444. The molecule has 5 nitrogen and oxygen atoms in total. The van der Waals surface area contributed by atoms with Crippen LogP contribution in [-0.2, 0) is 16.1 Å². The van der Waals surface area contributed by atoms with Gasteiger partial charge in [-0.1, -0.05) is 29.8 Å². The molecule has 0 radical (unpaired) electrons. The second-order valence-corrected chi connectivity index (χ2v) is 6.01. The number of carbonyl (C=O) groups is 2. The van der Waals surface area contributed by atoms with Gasteiger partial charge in [-0.3, -0.25) is 14.5 Å². The lowest BCUT2D eigenvalue weighted by molar-refractivity contribution is -0.137. The van der Waals surface area contributed by atoms with E-state index in [9.17, 15) is 9.59 Å². The highest BCUT2D eigenvalue weighted by Crippen LogP contribution is 2.11. The Morgan fingerprint density at radius 2 is 1.91 bits per heavy atom. The largest absolute Gasteiger partial charge is 0.345 e. The fourth-order valence-corrected chi connectivity index (χ4v) is 2.84. The smallest absolute Gasteiger partial charge is 0.244 e. The zero-order chi connectivity index (χ0) is 16.1. The van der Waals surface area contributed by atoms with Gasteiger partial charge in [-0.2, -0.15) is 0 Å². The number of rotatable bonds is 4. The fourth-order valence-electron chi connectivity index (χ4n) is 2.84. The van der Waals surface area contributed by atoms with Crippen LogP contribution in [0.1, 0.15) is 25.0 Å². The number of aryl methyl sites for hydroxylation is 1. The van der Waals surface area contributed by atoms with Gasteiger partial charge < -0.3 is 10.2 Å². The number of piperazine rings is 1. The van der Waals surface area contributed by atoms with Crippen LogP contribution < -0.4 is 5.32 Å². The number of hydrogen-bond acceptors (Lipinski definition) is 3. The molecule has 2 rings (SSSR count). The summed E-state index contributed by atoms with van der Waals surface area (Å²) in [7, 11) is 0. The third-order valence-electron chi connectivity index (χ3n) is 3.96. The van der Waals surface area contributed by atoms with E-state index in [1.165, 1.54) is 18.1 Å². The van der Waals surface area contributed by atoms with Crippen LogP contribution in [0, 0.1) is 6.92 Å². The molecule has 1 heterocycles. The quantitative estimate of drug-likeness (QED) is 0.908. The summed E-state index contributed by atoms with van der Waals surface area (Å²) in [4.78, 5) is 27.5.